The first-order valence-corrected chi connectivity index (χ1v) is 5.64. The SMILES string of the molecule is CCC(F)(F)C(F)(F)C(F)(F)C(F)(F)C(F)(F)C(F)(F)CC. The van der Waals surface area contributed by atoms with Crippen LogP contribution >= 0.6 is 0 Å². The molecule has 0 saturated heterocycles. The van der Waals surface area contributed by atoms with Crippen molar-refractivity contribution in [3.05, 3.63) is 0 Å². The zero-order chi connectivity index (χ0) is 18.4. The van der Waals surface area contributed by atoms with E-state index in [9.17, 15) is 52.7 Å². The van der Waals surface area contributed by atoms with Gasteiger partial charge in [0, 0.05) is 12.8 Å². The maximum absolute atomic E-state index is 13.0. The van der Waals surface area contributed by atoms with E-state index in [0.29, 0.717) is 0 Å². The Morgan fingerprint density at radius 1 is 0.409 bits per heavy atom. The number of alkyl halides is 12. The van der Waals surface area contributed by atoms with E-state index in [1.807, 2.05) is 0 Å². The summed E-state index contributed by atoms with van der Waals surface area (Å²) < 4.78 is 155. The molecule has 0 N–H and O–H groups in total. The zero-order valence-electron chi connectivity index (χ0n) is 10.9. The second-order valence-electron chi connectivity index (χ2n) is 4.41. The minimum atomic E-state index is -7.43. The maximum Gasteiger partial charge on any atom is 0.384 e. The largest absolute Gasteiger partial charge is 0.384 e. The van der Waals surface area contributed by atoms with Crippen LogP contribution in [0.15, 0.2) is 0 Å². The van der Waals surface area contributed by atoms with Crippen molar-refractivity contribution in [2.75, 3.05) is 0 Å². The predicted octanol–water partition coefficient (Wildman–Crippen LogP) is 5.62. The fraction of sp³-hybridized carbons (Fsp3) is 1.00. The summed E-state index contributed by atoms with van der Waals surface area (Å²) in [6, 6.07) is 0. The van der Waals surface area contributed by atoms with Gasteiger partial charge in [-0.25, -0.2) is 0 Å². The van der Waals surface area contributed by atoms with Crippen molar-refractivity contribution in [1.82, 2.24) is 0 Å². The van der Waals surface area contributed by atoms with Gasteiger partial charge in [0.15, 0.2) is 0 Å². The topological polar surface area (TPSA) is 0 Å². The number of hydrogen-bond acceptors (Lipinski definition) is 0. The molecule has 0 aliphatic rings. The molecule has 0 spiro atoms. The predicted molar refractivity (Wildman–Crippen MR) is 50.3 cm³/mol. The molecule has 0 radical (unpaired) electrons. The summed E-state index contributed by atoms with van der Waals surface area (Å²) in [5, 5.41) is 0. The molecule has 0 aromatic rings. The molecule has 0 aromatic heterocycles. The number of rotatable bonds is 7. The summed E-state index contributed by atoms with van der Waals surface area (Å²) in [6.07, 6.45) is -4.22. The summed E-state index contributed by atoms with van der Waals surface area (Å²) in [7, 11) is 0. The van der Waals surface area contributed by atoms with Gasteiger partial charge in [-0.3, -0.25) is 0 Å². The zero-order valence-corrected chi connectivity index (χ0v) is 10.9. The van der Waals surface area contributed by atoms with Crippen LogP contribution in [0.3, 0.4) is 0 Å². The van der Waals surface area contributed by atoms with Crippen LogP contribution in [0.1, 0.15) is 26.7 Å². The normalized spacial score (nSPS) is 16.1. The maximum atomic E-state index is 13.0. The Hall–Kier alpha value is -0.840. The van der Waals surface area contributed by atoms with E-state index in [1.54, 1.807) is 0 Å². The van der Waals surface area contributed by atoms with Crippen LogP contribution in [0, 0.1) is 0 Å². The van der Waals surface area contributed by atoms with Crippen LogP contribution in [0.25, 0.3) is 0 Å². The molecular formula is C10H10F12. The van der Waals surface area contributed by atoms with Gasteiger partial charge < -0.3 is 0 Å². The van der Waals surface area contributed by atoms with Crippen LogP contribution in [0.5, 0.6) is 0 Å². The van der Waals surface area contributed by atoms with Crippen LogP contribution in [0.4, 0.5) is 52.7 Å². The first-order chi connectivity index (χ1) is 9.37. The number of halogens is 12. The van der Waals surface area contributed by atoms with Crippen molar-refractivity contribution in [2.24, 2.45) is 0 Å². The summed E-state index contributed by atoms with van der Waals surface area (Å²) in [6.45, 7) is 0.391. The van der Waals surface area contributed by atoms with Crippen LogP contribution in [0.2, 0.25) is 0 Å². The average molecular weight is 358 g/mol. The number of hydrogen-bond donors (Lipinski definition) is 0. The highest BCUT2D eigenvalue weighted by Crippen LogP contribution is 2.60. The first kappa shape index (κ1) is 21.2. The van der Waals surface area contributed by atoms with Crippen molar-refractivity contribution >= 4 is 0 Å². The highest BCUT2D eigenvalue weighted by atomic mass is 19.4. The van der Waals surface area contributed by atoms with E-state index in [4.69, 9.17) is 0 Å². The van der Waals surface area contributed by atoms with Crippen molar-refractivity contribution in [2.45, 2.75) is 62.2 Å². The molecule has 0 unspecified atom stereocenters. The third-order valence-corrected chi connectivity index (χ3v) is 2.99. The standard InChI is InChI=1S/C10H10F12/c1-3-5(11,12)7(15,16)9(19,20)10(21,22)8(17,18)6(13,14)4-2/h3-4H2,1-2H3. The lowest BCUT2D eigenvalue weighted by atomic mass is 9.90. The highest BCUT2D eigenvalue weighted by molar-refractivity contribution is 5.11. The van der Waals surface area contributed by atoms with Gasteiger partial charge in [-0.2, -0.15) is 52.7 Å². The monoisotopic (exact) mass is 358 g/mol. The lowest BCUT2D eigenvalue weighted by molar-refractivity contribution is -0.425. The minimum absolute atomic E-state index is 0.195. The van der Waals surface area contributed by atoms with Gasteiger partial charge in [-0.05, 0) is 0 Å². The molecule has 0 heterocycles. The summed E-state index contributed by atoms with van der Waals surface area (Å²) in [4.78, 5) is 0. The van der Waals surface area contributed by atoms with Crippen molar-refractivity contribution in [3.8, 4) is 0 Å². The Balaban J connectivity index is 6.19. The summed E-state index contributed by atoms with van der Waals surface area (Å²) >= 11 is 0. The van der Waals surface area contributed by atoms with E-state index >= 15 is 0 Å². The Morgan fingerprint density at radius 3 is 0.727 bits per heavy atom. The van der Waals surface area contributed by atoms with E-state index in [0.717, 1.165) is 0 Å². The fourth-order valence-corrected chi connectivity index (χ4v) is 1.30. The van der Waals surface area contributed by atoms with Gasteiger partial charge in [-0.15, -0.1) is 0 Å². The van der Waals surface area contributed by atoms with Gasteiger partial charge >= 0.3 is 35.5 Å². The van der Waals surface area contributed by atoms with Crippen LogP contribution in [-0.2, 0) is 0 Å². The molecule has 0 fully saturated rings. The van der Waals surface area contributed by atoms with Gasteiger partial charge in [-0.1, -0.05) is 13.8 Å². The molecular weight excluding hydrogens is 348 g/mol. The Bertz CT molecular complexity index is 359. The molecule has 0 aromatic carbocycles. The molecule has 0 atom stereocenters. The molecule has 12 heteroatoms. The third kappa shape index (κ3) is 2.51. The second-order valence-corrected chi connectivity index (χ2v) is 4.41. The molecule has 0 aliphatic heterocycles. The van der Waals surface area contributed by atoms with Crippen molar-refractivity contribution in [3.63, 3.8) is 0 Å². The molecule has 0 saturated carbocycles. The first-order valence-electron chi connectivity index (χ1n) is 5.64. The van der Waals surface area contributed by atoms with Gasteiger partial charge in [0.25, 0.3) is 0 Å². The van der Waals surface area contributed by atoms with Gasteiger partial charge in [0.2, 0.25) is 0 Å². The molecule has 0 nitrogen and oxygen atoms in total. The minimum Gasteiger partial charge on any atom is -0.200 e. The second kappa shape index (κ2) is 5.36. The summed E-state index contributed by atoms with van der Waals surface area (Å²) in [5.41, 5.74) is 0. The molecule has 0 amide bonds. The molecule has 0 rings (SSSR count). The van der Waals surface area contributed by atoms with Crippen molar-refractivity contribution in [1.29, 1.82) is 0 Å². The van der Waals surface area contributed by atoms with Gasteiger partial charge in [0.05, 0.1) is 0 Å². The lowest BCUT2D eigenvalue weighted by Crippen LogP contribution is -2.70. The quantitative estimate of drug-likeness (QED) is 0.519. The van der Waals surface area contributed by atoms with Crippen LogP contribution in [-0.4, -0.2) is 35.5 Å². The highest BCUT2D eigenvalue weighted by Gasteiger charge is 2.89. The fourth-order valence-electron chi connectivity index (χ4n) is 1.30. The van der Waals surface area contributed by atoms with E-state index in [-0.39, 0.29) is 13.8 Å². The molecule has 0 bridgehead atoms. The lowest BCUT2D eigenvalue weighted by Gasteiger charge is -2.41. The molecule has 134 valence electrons. The smallest absolute Gasteiger partial charge is 0.200 e. The Morgan fingerprint density at radius 2 is 0.591 bits per heavy atom. The summed E-state index contributed by atoms with van der Waals surface area (Å²) in [5.74, 6) is -40.5. The van der Waals surface area contributed by atoms with E-state index < -0.39 is 48.4 Å². The average Bonchev–Trinajstić information content (AvgIpc) is 2.37. The molecule has 0 aliphatic carbocycles. The van der Waals surface area contributed by atoms with Crippen molar-refractivity contribution < 1.29 is 52.7 Å². The Labute approximate surface area is 116 Å². The molecule has 22 heavy (non-hydrogen) atoms. The van der Waals surface area contributed by atoms with Gasteiger partial charge in [0.1, 0.15) is 0 Å². The van der Waals surface area contributed by atoms with Crippen LogP contribution < -0.4 is 0 Å². The van der Waals surface area contributed by atoms with E-state index in [1.165, 1.54) is 0 Å². The third-order valence-electron chi connectivity index (χ3n) is 2.99. The van der Waals surface area contributed by atoms with E-state index in [2.05, 4.69) is 0 Å². The Kier molecular flexibility index (Phi) is 5.15.